The summed E-state index contributed by atoms with van der Waals surface area (Å²) in [7, 11) is 0. The average Bonchev–Trinajstić information content (AvgIpc) is 3.03. The van der Waals surface area contributed by atoms with Gasteiger partial charge in [0.25, 0.3) is 0 Å². The van der Waals surface area contributed by atoms with E-state index < -0.39 is 25.0 Å². The number of hydrogen-bond acceptors (Lipinski definition) is 5. The van der Waals surface area contributed by atoms with Crippen LogP contribution in [0.25, 0.3) is 0 Å². The highest BCUT2D eigenvalue weighted by Gasteiger charge is 2.46. The average molecular weight is 388 g/mol. The zero-order valence-electron chi connectivity index (χ0n) is 15.0. The zero-order valence-corrected chi connectivity index (χ0v) is 15.0. The number of aryl methyl sites for hydroxylation is 1. The lowest BCUT2D eigenvalue weighted by Crippen LogP contribution is -2.48. The monoisotopic (exact) mass is 388 g/mol. The highest BCUT2D eigenvalue weighted by atomic mass is 19.4. The van der Waals surface area contributed by atoms with Crippen molar-refractivity contribution in [1.82, 2.24) is 9.88 Å². The summed E-state index contributed by atoms with van der Waals surface area (Å²) in [5.41, 5.74) is 1.53. The van der Waals surface area contributed by atoms with Gasteiger partial charge in [0.05, 0.1) is 18.8 Å². The van der Waals surface area contributed by atoms with Gasteiger partial charge in [0.1, 0.15) is 0 Å². The number of alkyl halides is 3. The Morgan fingerprint density at radius 1 is 1.44 bits per heavy atom. The van der Waals surface area contributed by atoms with Crippen molar-refractivity contribution in [1.29, 1.82) is 0 Å². The van der Waals surface area contributed by atoms with E-state index in [2.05, 4.69) is 9.72 Å². The lowest BCUT2D eigenvalue weighted by molar-refractivity contribution is -0.215. The fourth-order valence-corrected chi connectivity index (χ4v) is 3.67. The van der Waals surface area contributed by atoms with Crippen molar-refractivity contribution in [2.24, 2.45) is 0 Å². The first-order valence-electron chi connectivity index (χ1n) is 8.93. The van der Waals surface area contributed by atoms with Crippen LogP contribution in [0.3, 0.4) is 0 Å². The van der Waals surface area contributed by atoms with Crippen LogP contribution in [0, 0.1) is 6.92 Å². The van der Waals surface area contributed by atoms with Crippen LogP contribution in [-0.2, 0) is 9.47 Å². The number of halogens is 3. The molecule has 2 saturated heterocycles. The maximum atomic E-state index is 12.6. The maximum Gasteiger partial charge on any atom is 0.427 e. The Kier molecular flexibility index (Phi) is 5.62. The van der Waals surface area contributed by atoms with Crippen LogP contribution in [0.15, 0.2) is 18.2 Å². The van der Waals surface area contributed by atoms with Gasteiger partial charge in [-0.05, 0) is 38.3 Å². The van der Waals surface area contributed by atoms with Crippen molar-refractivity contribution in [2.45, 2.75) is 50.0 Å². The lowest BCUT2D eigenvalue weighted by atomic mass is 9.84. The number of piperidine rings is 1. The first-order chi connectivity index (χ1) is 12.7. The summed E-state index contributed by atoms with van der Waals surface area (Å²) in [5.74, 6) is 0.174. The van der Waals surface area contributed by atoms with Crippen molar-refractivity contribution < 1.29 is 32.5 Å². The van der Waals surface area contributed by atoms with Crippen LogP contribution >= 0.6 is 0 Å². The summed E-state index contributed by atoms with van der Waals surface area (Å²) in [6.45, 7) is 1.69. The second kappa shape index (κ2) is 7.63. The van der Waals surface area contributed by atoms with Crippen molar-refractivity contribution >= 4 is 6.09 Å². The van der Waals surface area contributed by atoms with Gasteiger partial charge in [-0.3, -0.25) is 4.98 Å². The number of hydrogen-bond donors (Lipinski definition) is 1. The van der Waals surface area contributed by atoms with E-state index >= 15 is 0 Å². The second-order valence-electron chi connectivity index (χ2n) is 7.18. The van der Waals surface area contributed by atoms with Gasteiger partial charge in [-0.15, -0.1) is 0 Å². The molecular formula is C18H23F3N2O4. The summed E-state index contributed by atoms with van der Waals surface area (Å²) >= 11 is 0. The molecule has 2 fully saturated rings. The number of carbonyl (C=O) groups is 1. The Labute approximate surface area is 155 Å². The largest absolute Gasteiger partial charge is 0.434 e. The molecule has 9 heteroatoms. The Bertz CT molecular complexity index is 675. The van der Waals surface area contributed by atoms with E-state index in [0.29, 0.717) is 19.4 Å². The first-order valence-corrected chi connectivity index (χ1v) is 8.93. The molecule has 2 aliphatic rings. The molecule has 1 spiro atoms. The fourth-order valence-electron chi connectivity index (χ4n) is 3.67. The lowest BCUT2D eigenvalue weighted by Gasteiger charge is -2.38. The van der Waals surface area contributed by atoms with Crippen molar-refractivity contribution in [3.05, 3.63) is 29.6 Å². The van der Waals surface area contributed by atoms with Gasteiger partial charge >= 0.3 is 12.3 Å². The Hall–Kier alpha value is -1.87. The van der Waals surface area contributed by atoms with Gasteiger partial charge in [0.15, 0.2) is 0 Å². The van der Waals surface area contributed by atoms with E-state index in [1.165, 1.54) is 4.90 Å². The number of likely N-dealkylation sites (tertiary alicyclic amines) is 1. The third kappa shape index (κ3) is 4.52. The van der Waals surface area contributed by atoms with E-state index in [0.717, 1.165) is 17.8 Å². The van der Waals surface area contributed by atoms with Crippen LogP contribution in [-0.4, -0.2) is 65.3 Å². The standard InChI is InChI=1S/C18H23F3N2O4/c1-12-3-2-4-14(22-12)13-9-17(26-11-13)5-7-23(8-6-17)16(25)27-15(10-24)18(19,20)21/h2-4,13,15,24H,5-11H2,1H3. The van der Waals surface area contributed by atoms with Crippen molar-refractivity contribution in [3.63, 3.8) is 0 Å². The van der Waals surface area contributed by atoms with Crippen LogP contribution < -0.4 is 0 Å². The van der Waals surface area contributed by atoms with Gasteiger partial charge < -0.3 is 19.5 Å². The van der Waals surface area contributed by atoms with Crippen LogP contribution in [0.2, 0.25) is 0 Å². The van der Waals surface area contributed by atoms with E-state index in [1.807, 2.05) is 25.1 Å². The SMILES string of the molecule is Cc1cccc(C2COC3(CCN(C(=O)OC(CO)C(F)(F)F)CC3)C2)n1. The third-order valence-corrected chi connectivity index (χ3v) is 5.24. The molecule has 2 unspecified atom stereocenters. The van der Waals surface area contributed by atoms with Crippen LogP contribution in [0.1, 0.15) is 36.6 Å². The molecule has 1 N–H and O–H groups in total. The molecule has 1 aromatic heterocycles. The summed E-state index contributed by atoms with van der Waals surface area (Å²) < 4.78 is 48.4. The number of carbonyl (C=O) groups excluding carboxylic acids is 1. The molecule has 6 nitrogen and oxygen atoms in total. The molecule has 1 aromatic rings. The highest BCUT2D eigenvalue weighted by Crippen LogP contribution is 2.42. The minimum atomic E-state index is -4.79. The Morgan fingerprint density at radius 2 is 2.15 bits per heavy atom. The molecule has 150 valence electrons. The molecule has 3 rings (SSSR count). The number of aliphatic hydroxyl groups excluding tert-OH is 1. The number of amides is 1. The van der Waals surface area contributed by atoms with E-state index in [9.17, 15) is 18.0 Å². The zero-order chi connectivity index (χ0) is 19.7. The minimum Gasteiger partial charge on any atom is -0.434 e. The van der Waals surface area contributed by atoms with E-state index in [1.54, 1.807) is 0 Å². The maximum absolute atomic E-state index is 12.6. The second-order valence-corrected chi connectivity index (χ2v) is 7.18. The number of ether oxygens (including phenoxy) is 2. The molecule has 0 aliphatic carbocycles. The molecule has 0 aromatic carbocycles. The summed E-state index contributed by atoms with van der Waals surface area (Å²) in [4.78, 5) is 17.8. The first kappa shape index (κ1) is 19.9. The Balaban J connectivity index is 1.55. The Morgan fingerprint density at radius 3 is 2.74 bits per heavy atom. The van der Waals surface area contributed by atoms with Gasteiger partial charge in [-0.1, -0.05) is 6.07 Å². The quantitative estimate of drug-likeness (QED) is 0.862. The number of rotatable bonds is 3. The summed E-state index contributed by atoms with van der Waals surface area (Å²) in [6.07, 6.45) is -6.52. The molecule has 27 heavy (non-hydrogen) atoms. The predicted molar refractivity (Wildman–Crippen MR) is 89.2 cm³/mol. The van der Waals surface area contributed by atoms with E-state index in [4.69, 9.17) is 9.84 Å². The van der Waals surface area contributed by atoms with Gasteiger partial charge in [-0.25, -0.2) is 4.79 Å². The molecule has 2 atom stereocenters. The number of aromatic nitrogens is 1. The van der Waals surface area contributed by atoms with Gasteiger partial charge in [0, 0.05) is 30.4 Å². The van der Waals surface area contributed by atoms with E-state index in [-0.39, 0.29) is 24.6 Å². The molecule has 3 heterocycles. The van der Waals surface area contributed by atoms with Crippen molar-refractivity contribution in [3.8, 4) is 0 Å². The fraction of sp³-hybridized carbons (Fsp3) is 0.667. The number of pyridine rings is 1. The molecular weight excluding hydrogens is 365 g/mol. The molecule has 0 saturated carbocycles. The molecule has 0 bridgehead atoms. The van der Waals surface area contributed by atoms with Crippen LogP contribution in [0.5, 0.6) is 0 Å². The normalized spacial score (nSPS) is 23.4. The summed E-state index contributed by atoms with van der Waals surface area (Å²) in [5, 5.41) is 8.79. The molecule has 1 amide bonds. The van der Waals surface area contributed by atoms with Gasteiger partial charge in [-0.2, -0.15) is 13.2 Å². The van der Waals surface area contributed by atoms with Crippen molar-refractivity contribution in [2.75, 3.05) is 26.3 Å². The minimum absolute atomic E-state index is 0.174. The molecule has 0 radical (unpaired) electrons. The predicted octanol–water partition coefficient (Wildman–Crippen LogP) is 2.79. The number of nitrogens with zero attached hydrogens (tertiary/aromatic N) is 2. The summed E-state index contributed by atoms with van der Waals surface area (Å²) in [6, 6.07) is 5.86. The smallest absolute Gasteiger partial charge is 0.427 e. The molecule has 2 aliphatic heterocycles. The highest BCUT2D eigenvalue weighted by molar-refractivity contribution is 5.68. The third-order valence-electron chi connectivity index (χ3n) is 5.24. The van der Waals surface area contributed by atoms with Gasteiger partial charge in [0.2, 0.25) is 6.10 Å². The topological polar surface area (TPSA) is 71.9 Å². The van der Waals surface area contributed by atoms with Crippen LogP contribution in [0.4, 0.5) is 18.0 Å². The number of aliphatic hydroxyl groups is 1.